The Labute approximate surface area is 150 Å². The Kier molecular flexibility index (Phi) is 13.5. The lowest BCUT2D eigenvalue weighted by molar-refractivity contribution is 0.0957. The normalized spacial score (nSPS) is 14.1. The van der Waals surface area contributed by atoms with E-state index in [0.717, 1.165) is 12.8 Å². The third-order valence-electron chi connectivity index (χ3n) is 4.69. The Hall–Kier alpha value is 0.194. The molecule has 6 nitrogen and oxygen atoms in total. The highest BCUT2D eigenvalue weighted by Crippen LogP contribution is 2.37. The first-order valence-electron chi connectivity index (χ1n) is 8.84. The molecule has 0 aliphatic heterocycles. The summed E-state index contributed by atoms with van der Waals surface area (Å²) in [6.45, 7) is 2.23. The summed E-state index contributed by atoms with van der Waals surface area (Å²) in [5.41, 5.74) is 0.0928. The molecule has 0 aliphatic carbocycles. The van der Waals surface area contributed by atoms with Crippen molar-refractivity contribution >= 4 is 17.6 Å². The average Bonchev–Trinajstić information content (AvgIpc) is 2.63. The highest BCUT2D eigenvalue weighted by atomic mass is 28.4. The van der Waals surface area contributed by atoms with E-state index in [4.69, 9.17) is 26.6 Å². The van der Waals surface area contributed by atoms with E-state index in [1.165, 1.54) is 32.1 Å². The second-order valence-electron chi connectivity index (χ2n) is 5.97. The summed E-state index contributed by atoms with van der Waals surface area (Å²) in [7, 11) is 4.36. The molecule has 0 unspecified atom stereocenters. The molecule has 8 heteroatoms. The van der Waals surface area contributed by atoms with Crippen molar-refractivity contribution in [2.24, 2.45) is 0 Å². The fourth-order valence-corrected chi connectivity index (χ4v) is 8.74. The fraction of sp³-hybridized carbons (Fsp3) is 1.00. The fourth-order valence-electron chi connectivity index (χ4n) is 3.13. The first-order valence-corrected chi connectivity index (χ1v) is 12.6. The summed E-state index contributed by atoms with van der Waals surface area (Å²) < 4.78 is 34.0. The van der Waals surface area contributed by atoms with Gasteiger partial charge in [0.05, 0.1) is 0 Å². The molecule has 0 aliphatic rings. The van der Waals surface area contributed by atoms with Gasteiger partial charge in [0, 0.05) is 54.2 Å². The van der Waals surface area contributed by atoms with Crippen molar-refractivity contribution in [2.45, 2.75) is 63.5 Å². The minimum atomic E-state index is -2.79. The molecule has 0 spiro atoms. The van der Waals surface area contributed by atoms with E-state index in [1.54, 1.807) is 42.7 Å². The van der Waals surface area contributed by atoms with Crippen molar-refractivity contribution in [2.75, 3.05) is 42.7 Å². The van der Waals surface area contributed by atoms with Gasteiger partial charge < -0.3 is 26.6 Å². The van der Waals surface area contributed by atoms with Gasteiger partial charge in [0.15, 0.2) is 0 Å². The summed E-state index contributed by atoms with van der Waals surface area (Å²) in [5.74, 6) is 0. The minimum Gasteiger partial charge on any atom is -0.377 e. The van der Waals surface area contributed by atoms with Crippen LogP contribution in [0.4, 0.5) is 0 Å². The highest BCUT2D eigenvalue weighted by molar-refractivity contribution is 6.67. The van der Waals surface area contributed by atoms with Crippen LogP contribution in [0, 0.1) is 0 Å². The molecule has 146 valence electrons. The molecule has 0 N–H and O–H groups in total. The Morgan fingerprint density at radius 1 is 0.625 bits per heavy atom. The predicted octanol–water partition coefficient (Wildman–Crippen LogP) is 3.86. The van der Waals surface area contributed by atoms with Gasteiger partial charge in [-0.2, -0.15) is 0 Å². The van der Waals surface area contributed by atoms with Crippen LogP contribution >= 0.6 is 0 Å². The lowest BCUT2D eigenvalue weighted by Gasteiger charge is -2.36. The van der Waals surface area contributed by atoms with Crippen LogP contribution in [0.15, 0.2) is 0 Å². The molecule has 0 amide bonds. The maximum absolute atomic E-state index is 5.72. The van der Waals surface area contributed by atoms with Crippen LogP contribution in [0.3, 0.4) is 0 Å². The second-order valence-corrected chi connectivity index (χ2v) is 12.2. The molecule has 0 saturated carbocycles. The van der Waals surface area contributed by atoms with Crippen LogP contribution < -0.4 is 0 Å². The number of hydrogen-bond donors (Lipinski definition) is 0. The average molecular weight is 383 g/mol. The van der Waals surface area contributed by atoms with E-state index in [-0.39, 0.29) is 5.54 Å². The van der Waals surface area contributed by atoms with Crippen LogP contribution in [0.25, 0.3) is 0 Å². The Bertz CT molecular complexity index is 282. The van der Waals surface area contributed by atoms with Crippen LogP contribution in [0.2, 0.25) is 11.6 Å². The van der Waals surface area contributed by atoms with Crippen molar-refractivity contribution in [1.82, 2.24) is 0 Å². The van der Waals surface area contributed by atoms with Gasteiger partial charge in [-0.05, 0) is 6.42 Å². The SMILES string of the molecule is CCCCCCCC[C@H](C[Si](OC)(OC)OC)[Si](OC)(OC)OC. The van der Waals surface area contributed by atoms with E-state index in [2.05, 4.69) is 6.92 Å². The number of unbranched alkanes of at least 4 members (excludes halogenated alkanes) is 5. The van der Waals surface area contributed by atoms with Crippen LogP contribution in [-0.4, -0.2) is 60.3 Å². The van der Waals surface area contributed by atoms with E-state index >= 15 is 0 Å². The Morgan fingerprint density at radius 2 is 1.08 bits per heavy atom. The first-order chi connectivity index (χ1) is 11.5. The number of rotatable bonds is 16. The summed E-state index contributed by atoms with van der Waals surface area (Å²) in [6.07, 6.45) is 8.42. The minimum absolute atomic E-state index is 0.0928. The lowest BCUT2D eigenvalue weighted by Crippen LogP contribution is -2.53. The van der Waals surface area contributed by atoms with Crippen molar-refractivity contribution in [1.29, 1.82) is 0 Å². The maximum atomic E-state index is 5.72. The zero-order chi connectivity index (χ0) is 18.5. The standard InChI is InChI=1S/C16H38O6Si2/c1-8-9-10-11-12-13-14-16(24(20-5,21-6)22-7)15-23(17-2,18-3)19-4/h16H,8-15H2,1-7H3/t16-/m1/s1. The summed E-state index contributed by atoms with van der Waals surface area (Å²) in [4.78, 5) is 0. The summed E-state index contributed by atoms with van der Waals surface area (Å²) >= 11 is 0. The molecule has 0 heterocycles. The quantitative estimate of drug-likeness (QED) is 0.298. The second kappa shape index (κ2) is 13.4. The van der Waals surface area contributed by atoms with Gasteiger partial charge in [-0.25, -0.2) is 0 Å². The van der Waals surface area contributed by atoms with Crippen LogP contribution in [-0.2, 0) is 26.6 Å². The first kappa shape index (κ1) is 24.2. The molecular formula is C16H38O6Si2. The largest absolute Gasteiger partial charge is 0.503 e. The summed E-state index contributed by atoms with van der Waals surface area (Å²) in [6, 6.07) is 0.632. The molecular weight excluding hydrogens is 344 g/mol. The maximum Gasteiger partial charge on any atom is 0.503 e. The van der Waals surface area contributed by atoms with Gasteiger partial charge in [-0.3, -0.25) is 0 Å². The highest BCUT2D eigenvalue weighted by Gasteiger charge is 2.53. The molecule has 0 saturated heterocycles. The molecule has 24 heavy (non-hydrogen) atoms. The lowest BCUT2D eigenvalue weighted by atomic mass is 10.1. The molecule has 1 atom stereocenters. The van der Waals surface area contributed by atoms with Gasteiger partial charge in [-0.15, -0.1) is 0 Å². The van der Waals surface area contributed by atoms with Crippen molar-refractivity contribution in [3.05, 3.63) is 0 Å². The van der Waals surface area contributed by atoms with Crippen LogP contribution in [0.1, 0.15) is 51.9 Å². The van der Waals surface area contributed by atoms with Gasteiger partial charge in [0.25, 0.3) is 0 Å². The van der Waals surface area contributed by atoms with Crippen molar-refractivity contribution in [3.8, 4) is 0 Å². The predicted molar refractivity (Wildman–Crippen MR) is 100 cm³/mol. The monoisotopic (exact) mass is 382 g/mol. The van der Waals surface area contributed by atoms with E-state index < -0.39 is 17.6 Å². The zero-order valence-corrected chi connectivity index (χ0v) is 18.7. The molecule has 0 rings (SSSR count). The van der Waals surface area contributed by atoms with Crippen molar-refractivity contribution < 1.29 is 26.6 Å². The van der Waals surface area contributed by atoms with E-state index in [0.29, 0.717) is 6.04 Å². The molecule has 0 radical (unpaired) electrons. The Balaban J connectivity index is 4.95. The molecule has 0 bridgehead atoms. The third kappa shape index (κ3) is 7.21. The third-order valence-corrected chi connectivity index (χ3v) is 11.2. The zero-order valence-electron chi connectivity index (χ0n) is 16.7. The van der Waals surface area contributed by atoms with Crippen molar-refractivity contribution in [3.63, 3.8) is 0 Å². The van der Waals surface area contributed by atoms with E-state index in [1.807, 2.05) is 0 Å². The van der Waals surface area contributed by atoms with E-state index in [9.17, 15) is 0 Å². The number of hydrogen-bond acceptors (Lipinski definition) is 6. The Morgan fingerprint density at radius 3 is 1.50 bits per heavy atom. The molecule has 0 aromatic heterocycles. The van der Waals surface area contributed by atoms with Crippen LogP contribution in [0.5, 0.6) is 0 Å². The molecule has 0 aromatic rings. The topological polar surface area (TPSA) is 55.4 Å². The smallest absolute Gasteiger partial charge is 0.377 e. The van der Waals surface area contributed by atoms with Gasteiger partial charge in [-0.1, -0.05) is 45.4 Å². The summed E-state index contributed by atoms with van der Waals surface area (Å²) in [5, 5.41) is 0. The molecule has 0 fully saturated rings. The van der Waals surface area contributed by atoms with Gasteiger partial charge in [0.2, 0.25) is 0 Å². The van der Waals surface area contributed by atoms with Gasteiger partial charge >= 0.3 is 17.6 Å². The molecule has 0 aromatic carbocycles. The van der Waals surface area contributed by atoms with Gasteiger partial charge in [0.1, 0.15) is 0 Å².